The fourth-order valence-electron chi connectivity index (χ4n) is 6.96. The average molecular weight is 328 g/mol. The summed E-state index contributed by atoms with van der Waals surface area (Å²) in [5.41, 5.74) is 1.72. The third kappa shape index (κ3) is 2.06. The SMILES string of the molecule is CC12C=CC(=O)C=C1CCC1C2C(O)CC23CC2CCC13.CC=O. The highest BCUT2D eigenvalue weighted by molar-refractivity contribution is 6.01. The van der Waals surface area contributed by atoms with Gasteiger partial charge in [-0.15, -0.1) is 0 Å². The van der Waals surface area contributed by atoms with Gasteiger partial charge >= 0.3 is 0 Å². The van der Waals surface area contributed by atoms with Crippen molar-refractivity contribution in [1.82, 2.24) is 0 Å². The van der Waals surface area contributed by atoms with Crippen molar-refractivity contribution in [3.05, 3.63) is 23.8 Å². The quantitative estimate of drug-likeness (QED) is 0.693. The van der Waals surface area contributed by atoms with Crippen LogP contribution in [0, 0.1) is 34.5 Å². The Balaban J connectivity index is 0.000000455. The van der Waals surface area contributed by atoms with E-state index in [0.717, 1.165) is 31.0 Å². The van der Waals surface area contributed by atoms with E-state index in [1.807, 2.05) is 6.08 Å². The lowest BCUT2D eigenvalue weighted by Gasteiger charge is -2.56. The van der Waals surface area contributed by atoms with Crippen molar-refractivity contribution in [2.45, 2.75) is 58.5 Å². The zero-order valence-electron chi connectivity index (χ0n) is 14.7. The highest BCUT2D eigenvalue weighted by Crippen LogP contribution is 2.76. The van der Waals surface area contributed by atoms with E-state index in [2.05, 4.69) is 13.0 Å². The molecule has 0 aromatic carbocycles. The number of fused-ring (bicyclic) bond motifs is 4. The molecule has 0 radical (unpaired) electrons. The van der Waals surface area contributed by atoms with Crippen LogP contribution in [0.1, 0.15) is 52.4 Å². The van der Waals surface area contributed by atoms with E-state index in [0.29, 0.717) is 17.3 Å². The van der Waals surface area contributed by atoms with Crippen LogP contribution in [0.25, 0.3) is 0 Å². The van der Waals surface area contributed by atoms with Gasteiger partial charge in [0, 0.05) is 11.3 Å². The second-order valence-electron chi connectivity index (χ2n) is 8.74. The number of carbonyl (C=O) groups is 2. The van der Waals surface area contributed by atoms with Crippen LogP contribution in [0.15, 0.2) is 23.8 Å². The number of ketones is 1. The molecule has 7 atom stereocenters. The monoisotopic (exact) mass is 328 g/mol. The summed E-state index contributed by atoms with van der Waals surface area (Å²) in [5.74, 6) is 2.90. The zero-order chi connectivity index (χ0) is 17.1. The van der Waals surface area contributed by atoms with Crippen molar-refractivity contribution in [2.24, 2.45) is 34.5 Å². The maximum atomic E-state index is 11.7. The molecule has 0 aromatic rings. The first-order chi connectivity index (χ1) is 11.5. The standard InChI is InChI=1S/C19H24O2.C2H4O/c1-18-7-6-13(20)8-11(18)2-4-14-15-5-3-12-9-19(12,15)10-16(21)17(14)18;1-2-3/h6-8,12,14-17,21H,2-5,9-10H2,1H3;2H,1H3. The summed E-state index contributed by atoms with van der Waals surface area (Å²) < 4.78 is 0. The average Bonchev–Trinajstić information content (AvgIpc) is 3.09. The molecule has 3 heteroatoms. The van der Waals surface area contributed by atoms with Crippen molar-refractivity contribution in [3.63, 3.8) is 0 Å². The lowest BCUT2D eigenvalue weighted by Crippen LogP contribution is -2.53. The minimum absolute atomic E-state index is 0.0785. The maximum absolute atomic E-state index is 11.7. The zero-order valence-corrected chi connectivity index (χ0v) is 14.7. The van der Waals surface area contributed by atoms with E-state index >= 15 is 0 Å². The third-order valence-corrected chi connectivity index (χ3v) is 7.87. The van der Waals surface area contributed by atoms with Crippen LogP contribution in [0.5, 0.6) is 0 Å². The molecule has 0 aliphatic heterocycles. The van der Waals surface area contributed by atoms with E-state index in [1.54, 1.807) is 6.08 Å². The van der Waals surface area contributed by atoms with Crippen molar-refractivity contribution in [2.75, 3.05) is 0 Å². The second kappa shape index (κ2) is 5.39. The van der Waals surface area contributed by atoms with Crippen LogP contribution in [0.2, 0.25) is 0 Å². The number of hydrogen-bond donors (Lipinski definition) is 1. The summed E-state index contributed by atoms with van der Waals surface area (Å²) in [5, 5.41) is 11.0. The van der Waals surface area contributed by atoms with Gasteiger partial charge in [-0.25, -0.2) is 0 Å². The molecule has 5 aliphatic carbocycles. The molecule has 0 heterocycles. The molecule has 7 unspecified atom stereocenters. The molecule has 5 aliphatic rings. The number of allylic oxidation sites excluding steroid dienone is 4. The number of hydrogen-bond acceptors (Lipinski definition) is 3. The predicted octanol–water partition coefficient (Wildman–Crippen LogP) is 3.47. The first-order valence-corrected chi connectivity index (χ1v) is 9.48. The molecule has 24 heavy (non-hydrogen) atoms. The van der Waals surface area contributed by atoms with Crippen molar-refractivity contribution in [3.8, 4) is 0 Å². The largest absolute Gasteiger partial charge is 0.393 e. The Hall–Kier alpha value is -1.22. The highest BCUT2D eigenvalue weighted by atomic mass is 16.3. The number of carbonyl (C=O) groups excluding carboxylic acids is 2. The summed E-state index contributed by atoms with van der Waals surface area (Å²) >= 11 is 0. The Morgan fingerprint density at radius 3 is 2.71 bits per heavy atom. The highest BCUT2D eigenvalue weighted by Gasteiger charge is 2.69. The molecular weight excluding hydrogens is 300 g/mol. The van der Waals surface area contributed by atoms with Crippen LogP contribution in [-0.4, -0.2) is 23.3 Å². The molecule has 5 rings (SSSR count). The van der Waals surface area contributed by atoms with Gasteiger partial charge < -0.3 is 9.90 Å². The van der Waals surface area contributed by atoms with Gasteiger partial charge in [0.2, 0.25) is 0 Å². The van der Waals surface area contributed by atoms with E-state index in [4.69, 9.17) is 4.79 Å². The summed E-state index contributed by atoms with van der Waals surface area (Å²) in [6.45, 7) is 3.71. The van der Waals surface area contributed by atoms with E-state index in [1.165, 1.54) is 38.2 Å². The summed E-state index contributed by atoms with van der Waals surface area (Å²) in [4.78, 5) is 20.5. The number of aliphatic hydroxyl groups excluding tert-OH is 1. The summed E-state index contributed by atoms with van der Waals surface area (Å²) in [6, 6.07) is 0. The van der Waals surface area contributed by atoms with Crippen molar-refractivity contribution in [1.29, 1.82) is 0 Å². The van der Waals surface area contributed by atoms with Crippen molar-refractivity contribution < 1.29 is 14.7 Å². The smallest absolute Gasteiger partial charge is 0.178 e. The first-order valence-electron chi connectivity index (χ1n) is 9.48. The fraction of sp³-hybridized carbons (Fsp3) is 0.714. The number of rotatable bonds is 0. The van der Waals surface area contributed by atoms with Gasteiger partial charge in [-0.2, -0.15) is 0 Å². The Kier molecular flexibility index (Phi) is 3.65. The van der Waals surface area contributed by atoms with Crippen LogP contribution < -0.4 is 0 Å². The molecular formula is C21H28O3. The maximum Gasteiger partial charge on any atom is 0.178 e. The molecule has 0 saturated heterocycles. The van der Waals surface area contributed by atoms with Crippen LogP contribution in [0.4, 0.5) is 0 Å². The molecule has 4 fully saturated rings. The fourth-order valence-corrected chi connectivity index (χ4v) is 6.96. The van der Waals surface area contributed by atoms with Gasteiger partial charge in [0.25, 0.3) is 0 Å². The van der Waals surface area contributed by atoms with Gasteiger partial charge in [-0.05, 0) is 80.8 Å². The molecule has 1 N–H and O–H groups in total. The Morgan fingerprint density at radius 1 is 1.25 bits per heavy atom. The normalized spacial score (nSPS) is 50.4. The molecule has 0 aromatic heterocycles. The minimum Gasteiger partial charge on any atom is -0.393 e. The molecule has 4 saturated carbocycles. The summed E-state index contributed by atoms with van der Waals surface area (Å²) in [7, 11) is 0. The molecule has 3 nitrogen and oxygen atoms in total. The summed E-state index contributed by atoms with van der Waals surface area (Å²) in [6.07, 6.45) is 13.7. The Morgan fingerprint density at radius 2 is 2.00 bits per heavy atom. The van der Waals surface area contributed by atoms with E-state index in [9.17, 15) is 9.90 Å². The lowest BCUT2D eigenvalue weighted by molar-refractivity contribution is -0.112. The lowest BCUT2D eigenvalue weighted by atomic mass is 9.49. The van der Waals surface area contributed by atoms with E-state index in [-0.39, 0.29) is 17.3 Å². The van der Waals surface area contributed by atoms with Crippen LogP contribution in [-0.2, 0) is 9.59 Å². The molecule has 130 valence electrons. The van der Waals surface area contributed by atoms with Gasteiger partial charge in [0.15, 0.2) is 5.78 Å². The van der Waals surface area contributed by atoms with Crippen molar-refractivity contribution >= 4 is 12.1 Å². The van der Waals surface area contributed by atoms with Gasteiger partial charge in [-0.1, -0.05) is 18.6 Å². The molecule has 0 bridgehead atoms. The van der Waals surface area contributed by atoms with Gasteiger partial charge in [0.05, 0.1) is 6.10 Å². The number of aldehydes is 1. The Labute approximate surface area is 144 Å². The van der Waals surface area contributed by atoms with Crippen LogP contribution >= 0.6 is 0 Å². The van der Waals surface area contributed by atoms with Gasteiger partial charge in [0.1, 0.15) is 6.29 Å². The molecule has 0 amide bonds. The predicted molar refractivity (Wildman–Crippen MR) is 92.2 cm³/mol. The first kappa shape index (κ1) is 16.3. The molecule has 1 spiro atoms. The topological polar surface area (TPSA) is 54.4 Å². The Bertz CT molecular complexity index is 633. The van der Waals surface area contributed by atoms with E-state index < -0.39 is 0 Å². The number of aliphatic hydroxyl groups is 1. The third-order valence-electron chi connectivity index (χ3n) is 7.87. The minimum atomic E-state index is -0.180. The van der Waals surface area contributed by atoms with Gasteiger partial charge in [-0.3, -0.25) is 4.79 Å². The second-order valence-corrected chi connectivity index (χ2v) is 8.74. The van der Waals surface area contributed by atoms with Crippen LogP contribution in [0.3, 0.4) is 0 Å².